The monoisotopic (exact) mass is 413 g/mol. The average molecular weight is 413 g/mol. The van der Waals surface area contributed by atoms with Gasteiger partial charge in [-0.1, -0.05) is 18.2 Å². The zero-order valence-electron chi connectivity index (χ0n) is 17.3. The first kappa shape index (κ1) is 19.2. The normalized spacial score (nSPS) is 16.4. The van der Waals surface area contributed by atoms with E-state index in [1.807, 2.05) is 60.2 Å². The van der Waals surface area contributed by atoms with E-state index in [0.717, 1.165) is 47.5 Å². The van der Waals surface area contributed by atoms with Crippen LogP contribution in [0.4, 0.5) is 11.5 Å². The Labute approximate surface area is 180 Å². The van der Waals surface area contributed by atoms with Crippen molar-refractivity contribution in [1.82, 2.24) is 24.7 Å². The molecular weight excluding hydrogens is 390 g/mol. The zero-order chi connectivity index (χ0) is 21.2. The number of benzene rings is 1. The van der Waals surface area contributed by atoms with E-state index in [1.54, 1.807) is 12.5 Å². The first-order valence-electron chi connectivity index (χ1n) is 10.4. The summed E-state index contributed by atoms with van der Waals surface area (Å²) < 4.78 is 1.81. The van der Waals surface area contributed by atoms with Gasteiger partial charge in [0.25, 0.3) is 0 Å². The third-order valence-electron chi connectivity index (χ3n) is 5.62. The number of hydrogen-bond donors (Lipinski definition) is 1. The standard InChI is InChI=1S/C23H23N7O/c1-16-13-20(18-6-2-3-7-19(18)25-16)26-23(31)17-5-4-11-29(14-17)21-8-9-22(28-27-21)30-12-10-24-15-30/h2-3,6-10,12-13,15,17H,4-5,11,14H2,1H3,(H,25,26,31). The van der Waals surface area contributed by atoms with Gasteiger partial charge >= 0.3 is 0 Å². The van der Waals surface area contributed by atoms with E-state index in [0.29, 0.717) is 12.4 Å². The minimum absolute atomic E-state index is 0.0310. The number of nitrogens with zero attached hydrogens (tertiary/aromatic N) is 6. The third kappa shape index (κ3) is 3.96. The van der Waals surface area contributed by atoms with E-state index >= 15 is 0 Å². The summed E-state index contributed by atoms with van der Waals surface area (Å²) in [7, 11) is 0. The van der Waals surface area contributed by atoms with E-state index in [2.05, 4.69) is 30.4 Å². The molecule has 5 rings (SSSR count). The molecule has 1 atom stereocenters. The molecule has 1 aliphatic rings. The number of carbonyl (C=O) groups is 1. The van der Waals surface area contributed by atoms with Gasteiger partial charge in [-0.15, -0.1) is 10.2 Å². The third-order valence-corrected chi connectivity index (χ3v) is 5.62. The number of amides is 1. The summed E-state index contributed by atoms with van der Waals surface area (Å²) in [6.45, 7) is 3.42. The average Bonchev–Trinajstić information content (AvgIpc) is 3.34. The van der Waals surface area contributed by atoms with E-state index in [4.69, 9.17) is 0 Å². The number of rotatable bonds is 4. The number of aromatic nitrogens is 5. The van der Waals surface area contributed by atoms with E-state index in [-0.39, 0.29) is 11.8 Å². The van der Waals surface area contributed by atoms with Gasteiger partial charge in [0.1, 0.15) is 6.33 Å². The Morgan fingerprint density at radius 3 is 2.77 bits per heavy atom. The number of piperidine rings is 1. The lowest BCUT2D eigenvalue weighted by Gasteiger charge is -2.32. The second-order valence-electron chi connectivity index (χ2n) is 7.82. The second-order valence-corrected chi connectivity index (χ2v) is 7.82. The molecule has 31 heavy (non-hydrogen) atoms. The summed E-state index contributed by atoms with van der Waals surface area (Å²) in [6.07, 6.45) is 7.01. The first-order chi connectivity index (χ1) is 15.2. The number of pyridine rings is 1. The number of carbonyl (C=O) groups excluding carboxylic acids is 1. The van der Waals surface area contributed by atoms with Crippen LogP contribution in [-0.4, -0.2) is 43.7 Å². The van der Waals surface area contributed by atoms with E-state index in [9.17, 15) is 4.79 Å². The summed E-state index contributed by atoms with van der Waals surface area (Å²) in [5.41, 5.74) is 2.58. The van der Waals surface area contributed by atoms with Gasteiger partial charge in [0.2, 0.25) is 5.91 Å². The van der Waals surface area contributed by atoms with Crippen LogP contribution in [0, 0.1) is 12.8 Å². The fraction of sp³-hybridized carbons (Fsp3) is 0.261. The molecule has 8 nitrogen and oxygen atoms in total. The molecule has 0 spiro atoms. The highest BCUT2D eigenvalue weighted by atomic mass is 16.1. The molecule has 0 saturated carbocycles. The predicted octanol–water partition coefficient (Wildman–Crippen LogP) is 3.37. The zero-order valence-corrected chi connectivity index (χ0v) is 17.3. The molecule has 0 bridgehead atoms. The molecule has 0 radical (unpaired) electrons. The van der Waals surface area contributed by atoms with Gasteiger partial charge in [-0.3, -0.25) is 14.3 Å². The van der Waals surface area contributed by atoms with Crippen LogP contribution in [-0.2, 0) is 4.79 Å². The van der Waals surface area contributed by atoms with Crippen molar-refractivity contribution in [3.05, 3.63) is 66.9 Å². The Morgan fingerprint density at radius 1 is 1.13 bits per heavy atom. The van der Waals surface area contributed by atoms with Crippen molar-refractivity contribution in [3.63, 3.8) is 0 Å². The summed E-state index contributed by atoms with van der Waals surface area (Å²) in [5, 5.41) is 12.8. The van der Waals surface area contributed by atoms with Crippen molar-refractivity contribution in [3.8, 4) is 5.82 Å². The van der Waals surface area contributed by atoms with Gasteiger partial charge in [-0.25, -0.2) is 4.98 Å². The van der Waals surface area contributed by atoms with Crippen molar-refractivity contribution < 1.29 is 4.79 Å². The molecule has 1 aromatic carbocycles. The Hall–Kier alpha value is -3.81. The van der Waals surface area contributed by atoms with E-state index in [1.165, 1.54) is 0 Å². The largest absolute Gasteiger partial charge is 0.354 e. The Balaban J connectivity index is 1.31. The van der Waals surface area contributed by atoms with Gasteiger partial charge in [0, 0.05) is 36.6 Å². The van der Waals surface area contributed by atoms with Crippen LogP contribution in [0.2, 0.25) is 0 Å². The molecule has 3 aromatic heterocycles. The lowest BCUT2D eigenvalue weighted by molar-refractivity contribution is -0.120. The maximum absolute atomic E-state index is 13.1. The predicted molar refractivity (Wildman–Crippen MR) is 119 cm³/mol. The van der Waals surface area contributed by atoms with Gasteiger partial charge in [0.15, 0.2) is 11.6 Å². The number of hydrogen-bond acceptors (Lipinski definition) is 6. The maximum atomic E-state index is 13.1. The molecule has 1 unspecified atom stereocenters. The summed E-state index contributed by atoms with van der Waals surface area (Å²) in [4.78, 5) is 23.8. The molecule has 1 aliphatic heterocycles. The van der Waals surface area contributed by atoms with Crippen LogP contribution >= 0.6 is 0 Å². The van der Waals surface area contributed by atoms with Gasteiger partial charge in [-0.05, 0) is 44.0 Å². The lowest BCUT2D eigenvalue weighted by atomic mass is 9.97. The highest BCUT2D eigenvalue weighted by molar-refractivity contribution is 6.02. The second kappa shape index (κ2) is 8.14. The van der Waals surface area contributed by atoms with Crippen LogP contribution in [0.1, 0.15) is 18.5 Å². The van der Waals surface area contributed by atoms with Crippen molar-refractivity contribution in [2.24, 2.45) is 5.92 Å². The Morgan fingerprint density at radius 2 is 1.97 bits per heavy atom. The maximum Gasteiger partial charge on any atom is 0.229 e. The van der Waals surface area contributed by atoms with Crippen molar-refractivity contribution in [2.75, 3.05) is 23.3 Å². The molecule has 1 saturated heterocycles. The summed E-state index contributed by atoms with van der Waals surface area (Å²) in [6, 6.07) is 13.7. The van der Waals surface area contributed by atoms with Crippen molar-refractivity contribution in [1.29, 1.82) is 0 Å². The van der Waals surface area contributed by atoms with Crippen molar-refractivity contribution >= 4 is 28.3 Å². The number of fused-ring (bicyclic) bond motifs is 1. The van der Waals surface area contributed by atoms with Crippen LogP contribution < -0.4 is 10.2 Å². The Bertz CT molecular complexity index is 1200. The van der Waals surface area contributed by atoms with Crippen molar-refractivity contribution in [2.45, 2.75) is 19.8 Å². The molecule has 4 heterocycles. The SMILES string of the molecule is Cc1cc(NC(=O)C2CCCN(c3ccc(-n4ccnc4)nn3)C2)c2ccccc2n1. The fourth-order valence-corrected chi connectivity index (χ4v) is 4.06. The number of anilines is 2. The molecule has 1 N–H and O–H groups in total. The molecule has 1 amide bonds. The minimum atomic E-state index is -0.115. The molecule has 4 aromatic rings. The number of para-hydroxylation sites is 1. The number of nitrogens with one attached hydrogen (secondary N) is 1. The van der Waals surface area contributed by atoms with Gasteiger partial charge < -0.3 is 10.2 Å². The van der Waals surface area contributed by atoms with Crippen LogP contribution in [0.3, 0.4) is 0 Å². The molecule has 0 aliphatic carbocycles. The van der Waals surface area contributed by atoms with E-state index < -0.39 is 0 Å². The molecule has 156 valence electrons. The molecular formula is C23H23N7O. The van der Waals surface area contributed by atoms with Crippen LogP contribution in [0.5, 0.6) is 0 Å². The van der Waals surface area contributed by atoms with Gasteiger partial charge in [-0.2, -0.15) is 0 Å². The number of aryl methyl sites for hydroxylation is 1. The Kier molecular flexibility index (Phi) is 5.03. The topological polar surface area (TPSA) is 88.8 Å². The first-order valence-corrected chi connectivity index (χ1v) is 10.4. The summed E-state index contributed by atoms with van der Waals surface area (Å²) in [5.74, 6) is 1.42. The fourth-order valence-electron chi connectivity index (χ4n) is 4.06. The number of imidazole rings is 1. The van der Waals surface area contributed by atoms with Gasteiger partial charge in [0.05, 0.1) is 17.1 Å². The molecule has 1 fully saturated rings. The highest BCUT2D eigenvalue weighted by Crippen LogP contribution is 2.26. The highest BCUT2D eigenvalue weighted by Gasteiger charge is 2.27. The minimum Gasteiger partial charge on any atom is -0.354 e. The lowest BCUT2D eigenvalue weighted by Crippen LogP contribution is -2.41. The summed E-state index contributed by atoms with van der Waals surface area (Å²) >= 11 is 0. The van der Waals surface area contributed by atoms with Crippen LogP contribution in [0.25, 0.3) is 16.7 Å². The smallest absolute Gasteiger partial charge is 0.229 e. The van der Waals surface area contributed by atoms with Crippen LogP contribution in [0.15, 0.2) is 61.2 Å². The quantitative estimate of drug-likeness (QED) is 0.552. The molecule has 8 heteroatoms.